The zero-order valence-electron chi connectivity index (χ0n) is 16.9. The molecule has 4 aromatic heterocycles. The van der Waals surface area contributed by atoms with Crippen LogP contribution in [0.4, 0.5) is 16.0 Å². The fourth-order valence-electron chi connectivity index (χ4n) is 4.29. The summed E-state index contributed by atoms with van der Waals surface area (Å²) in [5.41, 5.74) is 6.16. The molecule has 6 rings (SSSR count). The molecule has 0 radical (unpaired) electrons. The van der Waals surface area contributed by atoms with Gasteiger partial charge in [-0.1, -0.05) is 4.98 Å². The predicted octanol–water partition coefficient (Wildman–Crippen LogP) is 2.63. The van der Waals surface area contributed by atoms with E-state index in [1.165, 1.54) is 22.8 Å². The van der Waals surface area contributed by atoms with Crippen LogP contribution in [0.3, 0.4) is 0 Å². The van der Waals surface area contributed by atoms with E-state index in [1.807, 2.05) is 12.1 Å². The molecule has 31 heavy (non-hydrogen) atoms. The summed E-state index contributed by atoms with van der Waals surface area (Å²) in [6.45, 7) is 1.84. The van der Waals surface area contributed by atoms with E-state index in [0.717, 1.165) is 30.7 Å². The van der Waals surface area contributed by atoms with Crippen molar-refractivity contribution >= 4 is 28.2 Å². The van der Waals surface area contributed by atoms with Gasteiger partial charge in [0.05, 0.1) is 18.9 Å². The van der Waals surface area contributed by atoms with E-state index in [-0.39, 0.29) is 0 Å². The number of benzene rings is 1. The molecule has 5 aromatic rings. The number of fused-ring (bicyclic) bond motifs is 4. The van der Waals surface area contributed by atoms with Crippen molar-refractivity contribution in [2.45, 2.75) is 13.0 Å². The third-order valence-electron chi connectivity index (χ3n) is 5.80. The van der Waals surface area contributed by atoms with Crippen LogP contribution in [0.15, 0.2) is 48.9 Å². The Bertz CT molecular complexity index is 1450. The predicted molar refractivity (Wildman–Crippen MR) is 114 cm³/mol. The first-order chi connectivity index (χ1) is 15.2. The first-order valence-electron chi connectivity index (χ1n) is 10.1. The number of rotatable bonds is 3. The molecule has 0 saturated heterocycles. The number of aromatic nitrogens is 6. The molecule has 0 aliphatic carbocycles. The lowest BCUT2D eigenvalue weighted by Gasteiger charge is -2.12. The number of anilines is 2. The molecule has 0 atom stereocenters. The van der Waals surface area contributed by atoms with Crippen molar-refractivity contribution in [2.75, 3.05) is 11.9 Å². The maximum atomic E-state index is 14.8. The number of nitrogens with zero attached hydrogens (tertiary/aromatic N) is 5. The zero-order chi connectivity index (χ0) is 20.9. The molecule has 0 unspecified atom stereocenters. The Morgan fingerprint density at radius 3 is 3.06 bits per heavy atom. The van der Waals surface area contributed by atoms with Gasteiger partial charge in [0.2, 0.25) is 0 Å². The Kier molecular flexibility index (Phi) is 3.97. The molecule has 1 aliphatic heterocycles. The van der Waals surface area contributed by atoms with E-state index in [2.05, 4.69) is 42.8 Å². The molecule has 1 aromatic carbocycles. The molecule has 3 N–H and O–H groups in total. The van der Waals surface area contributed by atoms with E-state index in [9.17, 15) is 4.39 Å². The third kappa shape index (κ3) is 2.85. The van der Waals surface area contributed by atoms with E-state index in [1.54, 1.807) is 34.6 Å². The summed E-state index contributed by atoms with van der Waals surface area (Å²) in [6.07, 6.45) is 5.49. The maximum Gasteiger partial charge on any atom is 0.396 e. The Morgan fingerprint density at radius 2 is 2.13 bits per heavy atom. The number of aromatic amines is 1. The Hall–Kier alpha value is -3.85. The van der Waals surface area contributed by atoms with Crippen molar-refractivity contribution in [3.63, 3.8) is 0 Å². The number of hydrogen-bond donors (Lipinski definition) is 3. The van der Waals surface area contributed by atoms with Crippen LogP contribution < -0.4 is 15.2 Å². The summed E-state index contributed by atoms with van der Waals surface area (Å²) in [5.74, 6) is 0.0749. The highest BCUT2D eigenvalue weighted by Gasteiger charge is 2.23. The minimum absolute atomic E-state index is 0.355. The molecule has 0 bridgehead atoms. The van der Waals surface area contributed by atoms with Crippen molar-refractivity contribution in [3.05, 3.63) is 66.0 Å². The van der Waals surface area contributed by atoms with Crippen LogP contribution in [0.1, 0.15) is 11.3 Å². The van der Waals surface area contributed by atoms with Gasteiger partial charge in [0, 0.05) is 42.3 Å². The molecule has 1 aliphatic rings. The Labute approximate surface area is 176 Å². The van der Waals surface area contributed by atoms with Crippen LogP contribution in [0.25, 0.3) is 27.9 Å². The van der Waals surface area contributed by atoms with Gasteiger partial charge in [-0.15, -0.1) is 0 Å². The molecule has 9 heteroatoms. The minimum Gasteiger partial charge on any atom is -0.358 e. The highest BCUT2D eigenvalue weighted by molar-refractivity contribution is 5.88. The largest absolute Gasteiger partial charge is 0.396 e. The number of H-pyrrole nitrogens is 1. The van der Waals surface area contributed by atoms with Crippen molar-refractivity contribution < 1.29 is 8.96 Å². The van der Waals surface area contributed by atoms with Gasteiger partial charge in [-0.3, -0.25) is 0 Å². The second kappa shape index (κ2) is 6.85. The van der Waals surface area contributed by atoms with Gasteiger partial charge in [0.25, 0.3) is 0 Å². The zero-order valence-corrected chi connectivity index (χ0v) is 16.9. The van der Waals surface area contributed by atoms with Crippen LogP contribution >= 0.6 is 0 Å². The molecule has 0 amide bonds. The van der Waals surface area contributed by atoms with Gasteiger partial charge in [-0.05, 0) is 35.9 Å². The van der Waals surface area contributed by atoms with Crippen LogP contribution in [0, 0.1) is 5.82 Å². The fraction of sp³-hybridized carbons (Fsp3) is 0.182. The minimum atomic E-state index is -0.443. The molecule has 8 nitrogen and oxygen atoms in total. The van der Waals surface area contributed by atoms with Crippen molar-refractivity contribution in [3.8, 4) is 11.4 Å². The van der Waals surface area contributed by atoms with E-state index in [0.29, 0.717) is 23.0 Å². The summed E-state index contributed by atoms with van der Waals surface area (Å²) in [7, 11) is 1.77. The molecule has 5 heterocycles. The molecule has 154 valence electrons. The van der Waals surface area contributed by atoms with E-state index in [4.69, 9.17) is 0 Å². The quantitative estimate of drug-likeness (QED) is 0.395. The van der Waals surface area contributed by atoms with Crippen molar-refractivity contribution in [2.24, 2.45) is 7.05 Å². The molecule has 0 spiro atoms. The lowest BCUT2D eigenvalue weighted by atomic mass is 10.1. The van der Waals surface area contributed by atoms with Gasteiger partial charge >= 0.3 is 5.95 Å². The van der Waals surface area contributed by atoms with Gasteiger partial charge in [0.1, 0.15) is 11.9 Å². The average molecular weight is 415 g/mol. The first kappa shape index (κ1) is 18.0. The summed E-state index contributed by atoms with van der Waals surface area (Å²) >= 11 is 0. The highest BCUT2D eigenvalue weighted by atomic mass is 19.1. The summed E-state index contributed by atoms with van der Waals surface area (Å²) in [5, 5.41) is 12.3. The van der Waals surface area contributed by atoms with Crippen molar-refractivity contribution in [1.82, 2.24) is 29.9 Å². The van der Waals surface area contributed by atoms with Crippen LogP contribution in [0.2, 0.25) is 0 Å². The van der Waals surface area contributed by atoms with Gasteiger partial charge in [0.15, 0.2) is 17.2 Å². The normalized spacial score (nSPS) is 13.6. The maximum absolute atomic E-state index is 14.8. The molecule has 0 saturated carbocycles. The van der Waals surface area contributed by atoms with Crippen LogP contribution in [-0.4, -0.2) is 31.1 Å². The van der Waals surface area contributed by atoms with E-state index < -0.39 is 5.82 Å². The number of imidazole rings is 1. The fourth-order valence-corrected chi connectivity index (χ4v) is 4.29. The SMILES string of the molecule is C[n+]1c(Nc2ccc3[nH]c4c(c3c2)CNCC4)ncc(F)c1-c1cnc2cccnn12. The van der Waals surface area contributed by atoms with Gasteiger partial charge < -0.3 is 10.3 Å². The summed E-state index contributed by atoms with van der Waals surface area (Å²) in [4.78, 5) is 12.1. The smallest absolute Gasteiger partial charge is 0.358 e. The second-order valence-electron chi connectivity index (χ2n) is 7.67. The number of halogens is 1. The number of hydrogen-bond acceptors (Lipinski definition) is 5. The lowest BCUT2D eigenvalue weighted by Crippen LogP contribution is -2.37. The van der Waals surface area contributed by atoms with Crippen molar-refractivity contribution in [1.29, 1.82) is 0 Å². The second-order valence-corrected chi connectivity index (χ2v) is 7.67. The summed E-state index contributed by atoms with van der Waals surface area (Å²) < 4.78 is 18.1. The summed E-state index contributed by atoms with van der Waals surface area (Å²) in [6, 6.07) is 9.80. The Morgan fingerprint density at radius 1 is 1.19 bits per heavy atom. The van der Waals surface area contributed by atoms with E-state index >= 15 is 0 Å². The molecular formula is C22H20FN8+. The van der Waals surface area contributed by atoms with Crippen LogP contribution in [0.5, 0.6) is 0 Å². The van der Waals surface area contributed by atoms with Gasteiger partial charge in [-0.2, -0.15) is 9.49 Å². The highest BCUT2D eigenvalue weighted by Crippen LogP contribution is 2.28. The van der Waals surface area contributed by atoms with Gasteiger partial charge in [-0.25, -0.2) is 19.4 Å². The molecular weight excluding hydrogens is 395 g/mol. The average Bonchev–Trinajstić information content (AvgIpc) is 3.37. The Balaban J connectivity index is 1.43. The number of nitrogens with one attached hydrogen (secondary N) is 3. The standard InChI is InChI=1S/C22H19FN8/c1-30-21(19-12-25-20-3-2-7-27-31(19)20)16(23)11-26-22(30)28-13-4-5-17-14(9-13)15-10-24-8-6-18(15)29-17/h2-5,7,9,11-12,24H,6,8,10H2,1H3,(H,27,29)/p+1. The topological polar surface area (TPSA) is 86.8 Å². The lowest BCUT2D eigenvalue weighted by molar-refractivity contribution is -0.649. The van der Waals surface area contributed by atoms with Crippen LogP contribution in [-0.2, 0) is 20.0 Å². The third-order valence-corrected chi connectivity index (χ3v) is 5.80. The monoisotopic (exact) mass is 415 g/mol. The molecule has 0 fully saturated rings. The first-order valence-corrected chi connectivity index (χ1v) is 10.1.